The molecule has 1 N–H and O–H groups in total. The van der Waals surface area contributed by atoms with Crippen molar-refractivity contribution >= 4 is 39.1 Å². The normalized spacial score (nSPS) is 10.4. The Kier molecular flexibility index (Phi) is 4.29. The number of benzene rings is 1. The molecule has 0 spiro atoms. The second-order valence-corrected chi connectivity index (χ2v) is 4.90. The summed E-state index contributed by atoms with van der Waals surface area (Å²) in [6.07, 6.45) is 0.841. The quantitative estimate of drug-likeness (QED) is 0.641. The van der Waals surface area contributed by atoms with E-state index in [0.29, 0.717) is 6.07 Å². The van der Waals surface area contributed by atoms with Gasteiger partial charge in [-0.2, -0.15) is 0 Å². The predicted molar refractivity (Wildman–Crippen MR) is 71.2 cm³/mol. The highest BCUT2D eigenvalue weighted by atomic mass is 79.9. The van der Waals surface area contributed by atoms with Crippen LogP contribution in [0.5, 0.6) is 0 Å². The molecular weight excluding hydrogens is 360 g/mol. The van der Waals surface area contributed by atoms with Crippen LogP contribution in [0.15, 0.2) is 28.9 Å². The molecule has 0 saturated carbocycles. The molecule has 0 aliphatic carbocycles. The number of carbonyl (C=O) groups excluding carboxylic acids is 1. The Morgan fingerprint density at radius 2 is 1.90 bits per heavy atom. The van der Waals surface area contributed by atoms with Crippen LogP contribution in [0.1, 0.15) is 10.4 Å². The molecule has 2 aromatic rings. The molecule has 0 radical (unpaired) electrons. The molecule has 2 rings (SSSR count). The van der Waals surface area contributed by atoms with E-state index in [-0.39, 0.29) is 20.9 Å². The Morgan fingerprint density at radius 3 is 2.60 bits per heavy atom. The van der Waals surface area contributed by atoms with E-state index in [1.165, 1.54) is 0 Å². The van der Waals surface area contributed by atoms with Gasteiger partial charge in [-0.25, -0.2) is 18.2 Å². The van der Waals surface area contributed by atoms with Crippen LogP contribution in [0.3, 0.4) is 0 Å². The summed E-state index contributed by atoms with van der Waals surface area (Å²) in [5, 5.41) is 1.93. The lowest BCUT2D eigenvalue weighted by molar-refractivity contribution is 0.102. The number of amides is 1. The molecular formula is C12H5BrClF3N2O. The minimum Gasteiger partial charge on any atom is -0.319 e. The van der Waals surface area contributed by atoms with Crippen LogP contribution in [-0.2, 0) is 0 Å². The zero-order valence-corrected chi connectivity index (χ0v) is 11.9. The molecule has 1 amide bonds. The van der Waals surface area contributed by atoms with Gasteiger partial charge in [0.15, 0.2) is 0 Å². The summed E-state index contributed by atoms with van der Waals surface area (Å²) in [6.45, 7) is 0. The molecule has 20 heavy (non-hydrogen) atoms. The lowest BCUT2D eigenvalue weighted by atomic mass is 10.2. The number of nitrogens with zero attached hydrogens (tertiary/aromatic N) is 1. The van der Waals surface area contributed by atoms with Crippen LogP contribution in [-0.4, -0.2) is 10.9 Å². The topological polar surface area (TPSA) is 42.0 Å². The fourth-order valence-electron chi connectivity index (χ4n) is 1.39. The van der Waals surface area contributed by atoms with E-state index in [1.807, 2.05) is 0 Å². The van der Waals surface area contributed by atoms with Crippen LogP contribution >= 0.6 is 27.5 Å². The van der Waals surface area contributed by atoms with Gasteiger partial charge < -0.3 is 5.32 Å². The largest absolute Gasteiger partial charge is 0.319 e. The van der Waals surface area contributed by atoms with E-state index in [9.17, 15) is 18.0 Å². The summed E-state index contributed by atoms with van der Waals surface area (Å²) in [7, 11) is 0. The second-order valence-electron chi connectivity index (χ2n) is 3.69. The number of hydrogen-bond donors (Lipinski definition) is 1. The van der Waals surface area contributed by atoms with Gasteiger partial charge in [-0.15, -0.1) is 0 Å². The van der Waals surface area contributed by atoms with Crippen molar-refractivity contribution in [1.29, 1.82) is 0 Å². The van der Waals surface area contributed by atoms with Gasteiger partial charge in [-0.05, 0) is 28.1 Å². The van der Waals surface area contributed by atoms with Crippen molar-refractivity contribution in [2.24, 2.45) is 0 Å². The summed E-state index contributed by atoms with van der Waals surface area (Å²) < 4.78 is 39.5. The molecule has 3 nitrogen and oxygen atoms in total. The minimum atomic E-state index is -0.973. The smallest absolute Gasteiger partial charge is 0.258 e. The van der Waals surface area contributed by atoms with Crippen molar-refractivity contribution in [2.45, 2.75) is 0 Å². The molecule has 8 heteroatoms. The maximum absolute atomic E-state index is 13.5. The van der Waals surface area contributed by atoms with Crippen molar-refractivity contribution in [3.63, 3.8) is 0 Å². The van der Waals surface area contributed by atoms with Crippen LogP contribution in [0.2, 0.25) is 5.15 Å². The third-order valence-corrected chi connectivity index (χ3v) is 3.22. The van der Waals surface area contributed by atoms with Gasteiger partial charge in [0.05, 0.1) is 21.9 Å². The standard InChI is InChI=1S/C12H5BrClF3N2O/c13-7-2-10(9(17)3-8(7)16)19-12(20)6-1-5(15)4-18-11(6)14/h1-4H,(H,19,20). The third kappa shape index (κ3) is 3.10. The van der Waals surface area contributed by atoms with Gasteiger partial charge in [0.2, 0.25) is 0 Å². The fraction of sp³-hybridized carbons (Fsp3) is 0. The highest BCUT2D eigenvalue weighted by Crippen LogP contribution is 2.24. The van der Waals surface area contributed by atoms with Crippen molar-refractivity contribution in [1.82, 2.24) is 4.98 Å². The number of halogens is 5. The number of aromatic nitrogens is 1. The Labute approximate surface area is 124 Å². The predicted octanol–water partition coefficient (Wildman–Crippen LogP) is 4.17. The summed E-state index contributed by atoms with van der Waals surface area (Å²) >= 11 is 8.51. The molecule has 1 aromatic heterocycles. The molecule has 0 saturated heterocycles. The molecule has 1 aromatic carbocycles. The first-order valence-corrected chi connectivity index (χ1v) is 6.32. The zero-order chi connectivity index (χ0) is 14.9. The molecule has 0 atom stereocenters. The molecule has 1 heterocycles. The Balaban J connectivity index is 2.32. The van der Waals surface area contributed by atoms with E-state index in [2.05, 4.69) is 26.2 Å². The van der Waals surface area contributed by atoms with Crippen LogP contribution < -0.4 is 5.32 Å². The van der Waals surface area contributed by atoms with Crippen molar-refractivity contribution in [2.75, 3.05) is 5.32 Å². The highest BCUT2D eigenvalue weighted by Gasteiger charge is 2.16. The van der Waals surface area contributed by atoms with Gasteiger partial charge in [0, 0.05) is 6.07 Å². The summed E-state index contributed by atoms with van der Waals surface area (Å²) in [6, 6.07) is 2.51. The van der Waals surface area contributed by atoms with Gasteiger partial charge in [-0.3, -0.25) is 4.79 Å². The van der Waals surface area contributed by atoms with Crippen molar-refractivity contribution < 1.29 is 18.0 Å². The molecule has 0 bridgehead atoms. The zero-order valence-electron chi connectivity index (χ0n) is 9.55. The van der Waals surface area contributed by atoms with Gasteiger partial charge in [0.1, 0.15) is 22.6 Å². The minimum absolute atomic E-state index is 0.0299. The van der Waals surface area contributed by atoms with E-state index < -0.39 is 23.4 Å². The first-order valence-electron chi connectivity index (χ1n) is 5.15. The average Bonchev–Trinajstić information content (AvgIpc) is 2.38. The van der Waals surface area contributed by atoms with Crippen LogP contribution in [0, 0.1) is 17.5 Å². The first-order chi connectivity index (χ1) is 9.38. The molecule has 0 aliphatic rings. The first kappa shape index (κ1) is 14.8. The molecule has 0 aliphatic heterocycles. The molecule has 0 unspecified atom stereocenters. The monoisotopic (exact) mass is 364 g/mol. The van der Waals surface area contributed by atoms with Gasteiger partial charge in [-0.1, -0.05) is 11.6 Å². The Morgan fingerprint density at radius 1 is 1.20 bits per heavy atom. The summed E-state index contributed by atoms with van der Waals surface area (Å²) in [5.74, 6) is -3.41. The van der Waals surface area contributed by atoms with Crippen molar-refractivity contribution in [3.05, 3.63) is 57.0 Å². The number of nitrogens with one attached hydrogen (secondary N) is 1. The number of pyridine rings is 1. The maximum atomic E-state index is 13.5. The fourth-order valence-corrected chi connectivity index (χ4v) is 1.92. The second kappa shape index (κ2) is 5.80. The number of carbonyl (C=O) groups is 1. The average molecular weight is 366 g/mol. The molecule has 104 valence electrons. The lowest BCUT2D eigenvalue weighted by Crippen LogP contribution is -2.14. The van der Waals surface area contributed by atoms with E-state index >= 15 is 0 Å². The van der Waals surface area contributed by atoms with E-state index in [1.54, 1.807) is 0 Å². The van der Waals surface area contributed by atoms with Crippen LogP contribution in [0.4, 0.5) is 18.9 Å². The lowest BCUT2D eigenvalue weighted by Gasteiger charge is -2.08. The highest BCUT2D eigenvalue weighted by molar-refractivity contribution is 9.10. The van der Waals surface area contributed by atoms with Crippen molar-refractivity contribution in [3.8, 4) is 0 Å². The summed E-state index contributed by atoms with van der Waals surface area (Å²) in [5.41, 5.74) is -0.532. The Bertz CT molecular complexity index is 697. The maximum Gasteiger partial charge on any atom is 0.258 e. The van der Waals surface area contributed by atoms with Gasteiger partial charge in [0.25, 0.3) is 5.91 Å². The van der Waals surface area contributed by atoms with E-state index in [4.69, 9.17) is 11.6 Å². The Hall–Kier alpha value is -1.60. The van der Waals surface area contributed by atoms with Crippen LogP contribution in [0.25, 0.3) is 0 Å². The van der Waals surface area contributed by atoms with Gasteiger partial charge >= 0.3 is 0 Å². The SMILES string of the molecule is O=C(Nc1cc(Br)c(F)cc1F)c1cc(F)cnc1Cl. The molecule has 0 fully saturated rings. The number of hydrogen-bond acceptors (Lipinski definition) is 2. The van der Waals surface area contributed by atoms with E-state index in [0.717, 1.165) is 18.3 Å². The summed E-state index contributed by atoms with van der Waals surface area (Å²) in [4.78, 5) is 15.3. The third-order valence-electron chi connectivity index (χ3n) is 2.31. The number of rotatable bonds is 2. The number of anilines is 1.